The maximum absolute atomic E-state index is 10.3. The molecule has 1 aromatic carbocycles. The molecule has 17 heavy (non-hydrogen) atoms. The predicted molar refractivity (Wildman–Crippen MR) is 59.1 cm³/mol. The van der Waals surface area contributed by atoms with Crippen LogP contribution in [0.2, 0.25) is 0 Å². The molecule has 0 saturated heterocycles. The van der Waals surface area contributed by atoms with Crippen molar-refractivity contribution in [2.45, 2.75) is 6.42 Å². The van der Waals surface area contributed by atoms with E-state index in [1.807, 2.05) is 12.1 Å². The summed E-state index contributed by atoms with van der Waals surface area (Å²) in [4.78, 5) is 10.3. The predicted octanol–water partition coefficient (Wildman–Crippen LogP) is 1.12. The van der Waals surface area contributed by atoms with Gasteiger partial charge in [0.2, 0.25) is 0 Å². The summed E-state index contributed by atoms with van der Waals surface area (Å²) in [6.07, 6.45) is 3.32. The van der Waals surface area contributed by atoms with Crippen molar-refractivity contribution in [3.63, 3.8) is 0 Å². The molecule has 0 saturated carbocycles. The lowest BCUT2D eigenvalue weighted by Gasteiger charge is -2.05. The van der Waals surface area contributed by atoms with E-state index >= 15 is 0 Å². The molecule has 0 unspecified atom stereocenters. The molecule has 1 N–H and O–H groups in total. The average Bonchev–Trinajstić information content (AvgIpc) is 2.83. The molecule has 88 valence electrons. The van der Waals surface area contributed by atoms with E-state index in [1.54, 1.807) is 29.2 Å². The molecule has 0 bridgehead atoms. The highest BCUT2D eigenvalue weighted by molar-refractivity contribution is 5.66. The Bertz CT molecular complexity index is 479. The minimum atomic E-state index is -0.871. The highest BCUT2D eigenvalue weighted by atomic mass is 16.5. The van der Waals surface area contributed by atoms with Gasteiger partial charge in [-0.15, -0.1) is 5.10 Å². The fourth-order valence-electron chi connectivity index (χ4n) is 1.30. The summed E-state index contributed by atoms with van der Waals surface area (Å²) in [6, 6.07) is 7.17. The second kappa shape index (κ2) is 5.11. The number of rotatable bonds is 5. The molecular formula is C11H11N3O3. The van der Waals surface area contributed by atoms with E-state index in [0.717, 1.165) is 5.69 Å². The fourth-order valence-corrected chi connectivity index (χ4v) is 1.30. The quantitative estimate of drug-likeness (QED) is 0.837. The van der Waals surface area contributed by atoms with E-state index < -0.39 is 5.97 Å². The summed E-state index contributed by atoms with van der Waals surface area (Å²) in [7, 11) is 0. The molecule has 1 heterocycles. The third-order valence-corrected chi connectivity index (χ3v) is 2.11. The van der Waals surface area contributed by atoms with Crippen LogP contribution in [0, 0.1) is 0 Å². The van der Waals surface area contributed by atoms with Gasteiger partial charge in [-0.05, 0) is 24.3 Å². The molecule has 0 fully saturated rings. The van der Waals surface area contributed by atoms with E-state index in [4.69, 9.17) is 9.84 Å². The Kier molecular flexibility index (Phi) is 3.34. The number of hydrogen-bond donors (Lipinski definition) is 1. The Labute approximate surface area is 97.4 Å². The van der Waals surface area contributed by atoms with Gasteiger partial charge in [0.15, 0.2) is 0 Å². The standard InChI is InChI=1S/C11H11N3O3/c15-11(16)5-8-17-10-3-1-9(2-4-10)14-7-6-12-13-14/h1-4,6-7H,5,8H2,(H,15,16). The van der Waals surface area contributed by atoms with Gasteiger partial charge in [0.25, 0.3) is 0 Å². The summed E-state index contributed by atoms with van der Waals surface area (Å²) < 4.78 is 6.89. The van der Waals surface area contributed by atoms with Crippen LogP contribution in [0.15, 0.2) is 36.7 Å². The Morgan fingerprint density at radius 2 is 2.12 bits per heavy atom. The molecule has 2 aromatic rings. The van der Waals surface area contributed by atoms with Crippen LogP contribution in [0.5, 0.6) is 5.75 Å². The highest BCUT2D eigenvalue weighted by Crippen LogP contribution is 2.14. The molecule has 6 heteroatoms. The molecule has 0 aliphatic heterocycles. The lowest BCUT2D eigenvalue weighted by atomic mass is 10.3. The molecule has 0 aliphatic carbocycles. The van der Waals surface area contributed by atoms with Gasteiger partial charge < -0.3 is 9.84 Å². The SMILES string of the molecule is O=C(O)CCOc1ccc(-n2ccnn2)cc1. The zero-order valence-electron chi connectivity index (χ0n) is 8.98. The number of aliphatic carboxylic acids is 1. The zero-order valence-corrected chi connectivity index (χ0v) is 8.98. The second-order valence-electron chi connectivity index (χ2n) is 3.33. The normalized spacial score (nSPS) is 10.1. The lowest BCUT2D eigenvalue weighted by Crippen LogP contribution is -2.04. The van der Waals surface area contributed by atoms with Gasteiger partial charge in [-0.3, -0.25) is 4.79 Å². The van der Waals surface area contributed by atoms with Gasteiger partial charge in [-0.1, -0.05) is 5.21 Å². The van der Waals surface area contributed by atoms with Crippen LogP contribution in [-0.4, -0.2) is 32.7 Å². The van der Waals surface area contributed by atoms with E-state index in [1.165, 1.54) is 0 Å². The number of benzene rings is 1. The third kappa shape index (κ3) is 3.04. The Hall–Kier alpha value is -2.37. The van der Waals surface area contributed by atoms with Crippen molar-refractivity contribution in [3.8, 4) is 11.4 Å². The first-order chi connectivity index (χ1) is 8.25. The molecule has 2 rings (SSSR count). The van der Waals surface area contributed by atoms with Crippen molar-refractivity contribution >= 4 is 5.97 Å². The molecule has 6 nitrogen and oxygen atoms in total. The van der Waals surface area contributed by atoms with Gasteiger partial charge in [-0.2, -0.15) is 0 Å². The van der Waals surface area contributed by atoms with E-state index in [2.05, 4.69) is 10.3 Å². The first kappa shape index (κ1) is 11.1. The van der Waals surface area contributed by atoms with Crippen LogP contribution < -0.4 is 4.74 Å². The number of ether oxygens (including phenoxy) is 1. The topological polar surface area (TPSA) is 77.2 Å². The summed E-state index contributed by atoms with van der Waals surface area (Å²) in [6.45, 7) is 0.165. The molecule has 0 spiro atoms. The van der Waals surface area contributed by atoms with Crippen LogP contribution in [0.1, 0.15) is 6.42 Å². The third-order valence-electron chi connectivity index (χ3n) is 2.11. The second-order valence-corrected chi connectivity index (χ2v) is 3.33. The first-order valence-corrected chi connectivity index (χ1v) is 5.07. The molecule has 0 amide bonds. The van der Waals surface area contributed by atoms with Gasteiger partial charge >= 0.3 is 5.97 Å². The Morgan fingerprint density at radius 1 is 1.35 bits per heavy atom. The van der Waals surface area contributed by atoms with Crippen LogP contribution in [0.25, 0.3) is 5.69 Å². The van der Waals surface area contributed by atoms with Crippen LogP contribution in [0.4, 0.5) is 0 Å². The summed E-state index contributed by atoms with van der Waals surface area (Å²) >= 11 is 0. The first-order valence-electron chi connectivity index (χ1n) is 5.07. The number of aromatic nitrogens is 3. The van der Waals surface area contributed by atoms with Crippen molar-refractivity contribution in [2.75, 3.05) is 6.61 Å². The lowest BCUT2D eigenvalue weighted by molar-refractivity contribution is -0.137. The minimum absolute atomic E-state index is 0.00910. The van der Waals surface area contributed by atoms with Gasteiger partial charge in [0.05, 0.1) is 31.1 Å². The summed E-state index contributed by atoms with van der Waals surface area (Å²) in [5.41, 5.74) is 0.869. The molecule has 0 atom stereocenters. The van der Waals surface area contributed by atoms with Crippen LogP contribution >= 0.6 is 0 Å². The van der Waals surface area contributed by atoms with Crippen molar-refractivity contribution in [3.05, 3.63) is 36.7 Å². The van der Waals surface area contributed by atoms with Crippen molar-refractivity contribution in [1.82, 2.24) is 15.0 Å². The summed E-state index contributed by atoms with van der Waals surface area (Å²) in [5.74, 6) is -0.237. The minimum Gasteiger partial charge on any atom is -0.493 e. The van der Waals surface area contributed by atoms with E-state index in [0.29, 0.717) is 5.75 Å². The molecule has 0 radical (unpaired) electrons. The van der Waals surface area contributed by atoms with Crippen LogP contribution in [0.3, 0.4) is 0 Å². The largest absolute Gasteiger partial charge is 0.493 e. The van der Waals surface area contributed by atoms with E-state index in [-0.39, 0.29) is 13.0 Å². The van der Waals surface area contributed by atoms with Gasteiger partial charge in [0, 0.05) is 0 Å². The Morgan fingerprint density at radius 3 is 2.71 bits per heavy atom. The van der Waals surface area contributed by atoms with Crippen molar-refractivity contribution in [2.24, 2.45) is 0 Å². The number of hydrogen-bond acceptors (Lipinski definition) is 4. The maximum Gasteiger partial charge on any atom is 0.306 e. The zero-order chi connectivity index (χ0) is 12.1. The average molecular weight is 233 g/mol. The van der Waals surface area contributed by atoms with Crippen molar-refractivity contribution in [1.29, 1.82) is 0 Å². The number of carboxylic acids is 1. The molecule has 0 aliphatic rings. The van der Waals surface area contributed by atoms with Gasteiger partial charge in [0.1, 0.15) is 5.75 Å². The monoisotopic (exact) mass is 233 g/mol. The van der Waals surface area contributed by atoms with Gasteiger partial charge in [-0.25, -0.2) is 4.68 Å². The van der Waals surface area contributed by atoms with E-state index in [9.17, 15) is 4.79 Å². The number of nitrogens with zero attached hydrogens (tertiary/aromatic N) is 3. The van der Waals surface area contributed by atoms with Crippen molar-refractivity contribution < 1.29 is 14.6 Å². The number of carbonyl (C=O) groups is 1. The van der Waals surface area contributed by atoms with Crippen LogP contribution in [-0.2, 0) is 4.79 Å². The fraction of sp³-hybridized carbons (Fsp3) is 0.182. The number of carboxylic acid groups (broad SMARTS) is 1. The smallest absolute Gasteiger partial charge is 0.306 e. The Balaban J connectivity index is 1.96. The highest BCUT2D eigenvalue weighted by Gasteiger charge is 2.00. The maximum atomic E-state index is 10.3. The molecule has 1 aromatic heterocycles. The molecular weight excluding hydrogens is 222 g/mol. The summed E-state index contributed by atoms with van der Waals surface area (Å²) in [5, 5.41) is 16.0.